The van der Waals surface area contributed by atoms with Crippen LogP contribution in [0.4, 0.5) is 5.69 Å². The molecule has 0 radical (unpaired) electrons. The van der Waals surface area contributed by atoms with Crippen LogP contribution in [0.5, 0.6) is 5.75 Å². The van der Waals surface area contributed by atoms with Gasteiger partial charge >= 0.3 is 0 Å². The van der Waals surface area contributed by atoms with Crippen molar-refractivity contribution in [3.05, 3.63) is 83.9 Å². The molecule has 0 amide bonds. The number of nitrogens with zero attached hydrogens (tertiary/aromatic N) is 2. The van der Waals surface area contributed by atoms with Crippen LogP contribution in [0.25, 0.3) is 21.5 Å². The summed E-state index contributed by atoms with van der Waals surface area (Å²) >= 11 is 0. The van der Waals surface area contributed by atoms with Crippen LogP contribution in [0.1, 0.15) is 24.0 Å². The number of unbranched alkanes of at least 4 members (excludes halogenated alkanes) is 1. The molecular formula is C27H26N2O. The lowest BCUT2D eigenvalue weighted by atomic mass is 9.90. The summed E-state index contributed by atoms with van der Waals surface area (Å²) < 4.78 is 5.24. The minimum atomic E-state index is 0.782. The van der Waals surface area contributed by atoms with Crippen molar-refractivity contribution in [1.29, 1.82) is 5.26 Å². The Hall–Kier alpha value is -3.51. The maximum Gasteiger partial charge on any atom is 0.119 e. The number of benzene rings is 4. The molecule has 0 bridgehead atoms. The molecule has 0 heterocycles. The molecule has 0 aliphatic carbocycles. The van der Waals surface area contributed by atoms with Crippen LogP contribution in [0.3, 0.4) is 0 Å². The molecule has 150 valence electrons. The number of fused-ring (bicyclic) bond motifs is 2. The Morgan fingerprint density at radius 3 is 1.90 bits per heavy atom. The third-order valence-corrected chi connectivity index (χ3v) is 5.84. The van der Waals surface area contributed by atoms with Crippen molar-refractivity contribution in [3.63, 3.8) is 0 Å². The second-order valence-electron chi connectivity index (χ2n) is 7.63. The zero-order valence-electron chi connectivity index (χ0n) is 17.6. The molecule has 0 saturated carbocycles. The van der Waals surface area contributed by atoms with E-state index in [1.807, 2.05) is 24.3 Å². The summed E-state index contributed by atoms with van der Waals surface area (Å²) in [6.45, 7) is 0.998. The highest BCUT2D eigenvalue weighted by atomic mass is 16.5. The summed E-state index contributed by atoms with van der Waals surface area (Å²) in [5.41, 5.74) is 3.33. The third-order valence-electron chi connectivity index (χ3n) is 5.84. The van der Waals surface area contributed by atoms with E-state index in [0.717, 1.165) is 47.9 Å². The highest BCUT2D eigenvalue weighted by molar-refractivity contribution is 6.07. The van der Waals surface area contributed by atoms with Gasteiger partial charge < -0.3 is 9.64 Å². The van der Waals surface area contributed by atoms with Crippen LogP contribution >= 0.6 is 0 Å². The first-order valence-corrected chi connectivity index (χ1v) is 10.4. The zero-order valence-corrected chi connectivity index (χ0v) is 17.6. The van der Waals surface area contributed by atoms with E-state index in [1.165, 1.54) is 22.0 Å². The van der Waals surface area contributed by atoms with Crippen molar-refractivity contribution >= 4 is 27.2 Å². The molecule has 4 rings (SSSR count). The maximum absolute atomic E-state index is 9.78. The Morgan fingerprint density at radius 2 is 1.37 bits per heavy atom. The molecule has 0 saturated heterocycles. The smallest absolute Gasteiger partial charge is 0.119 e. The van der Waals surface area contributed by atoms with Gasteiger partial charge in [0.1, 0.15) is 11.8 Å². The van der Waals surface area contributed by atoms with Gasteiger partial charge in [0, 0.05) is 30.1 Å². The van der Waals surface area contributed by atoms with Gasteiger partial charge in [0.25, 0.3) is 0 Å². The molecule has 0 aromatic heterocycles. The van der Waals surface area contributed by atoms with Crippen molar-refractivity contribution < 1.29 is 4.74 Å². The van der Waals surface area contributed by atoms with Crippen molar-refractivity contribution in [2.45, 2.75) is 19.3 Å². The molecule has 4 aromatic carbocycles. The summed E-state index contributed by atoms with van der Waals surface area (Å²) in [6, 6.07) is 27.3. The molecule has 3 nitrogen and oxygen atoms in total. The summed E-state index contributed by atoms with van der Waals surface area (Å²) in [5.74, 6) is 0.881. The van der Waals surface area contributed by atoms with Gasteiger partial charge in [0.05, 0.1) is 12.7 Å². The van der Waals surface area contributed by atoms with Gasteiger partial charge in [-0.1, -0.05) is 48.5 Å². The van der Waals surface area contributed by atoms with Gasteiger partial charge in [-0.2, -0.15) is 5.26 Å². The number of hydrogen-bond acceptors (Lipinski definition) is 3. The number of hydrogen-bond donors (Lipinski definition) is 0. The lowest BCUT2D eigenvalue weighted by Gasteiger charge is -2.20. The Labute approximate surface area is 178 Å². The van der Waals surface area contributed by atoms with Crippen molar-refractivity contribution in [2.24, 2.45) is 0 Å². The molecular weight excluding hydrogens is 368 g/mol. The van der Waals surface area contributed by atoms with E-state index in [0.29, 0.717) is 0 Å². The average Bonchev–Trinajstić information content (AvgIpc) is 2.81. The Balaban J connectivity index is 1.53. The number of methoxy groups -OCH3 is 1. The van der Waals surface area contributed by atoms with E-state index in [2.05, 4.69) is 66.5 Å². The molecule has 0 fully saturated rings. The van der Waals surface area contributed by atoms with Gasteiger partial charge in [-0.3, -0.25) is 0 Å². The second-order valence-corrected chi connectivity index (χ2v) is 7.63. The predicted molar refractivity (Wildman–Crippen MR) is 125 cm³/mol. The Morgan fingerprint density at radius 1 is 0.800 bits per heavy atom. The van der Waals surface area contributed by atoms with Crippen molar-refractivity contribution in [3.8, 4) is 11.8 Å². The predicted octanol–water partition coefficient (Wildman–Crippen LogP) is 6.33. The fourth-order valence-electron chi connectivity index (χ4n) is 4.23. The molecule has 0 N–H and O–H groups in total. The molecule has 3 heteroatoms. The van der Waals surface area contributed by atoms with Gasteiger partial charge in [-0.05, 0) is 59.9 Å². The maximum atomic E-state index is 9.78. The van der Waals surface area contributed by atoms with E-state index in [-0.39, 0.29) is 0 Å². The van der Waals surface area contributed by atoms with Gasteiger partial charge in [-0.15, -0.1) is 0 Å². The molecule has 0 aliphatic heterocycles. The van der Waals surface area contributed by atoms with E-state index in [4.69, 9.17) is 4.74 Å². The average molecular weight is 395 g/mol. The fraction of sp³-hybridized carbons (Fsp3) is 0.222. The van der Waals surface area contributed by atoms with E-state index >= 15 is 0 Å². The van der Waals surface area contributed by atoms with Crippen molar-refractivity contribution in [1.82, 2.24) is 0 Å². The van der Waals surface area contributed by atoms with E-state index in [9.17, 15) is 5.26 Å². The lowest BCUT2D eigenvalue weighted by Crippen LogP contribution is -2.18. The fourth-order valence-corrected chi connectivity index (χ4v) is 4.23. The van der Waals surface area contributed by atoms with Crippen LogP contribution in [-0.4, -0.2) is 20.7 Å². The van der Waals surface area contributed by atoms with Gasteiger partial charge in [-0.25, -0.2) is 0 Å². The van der Waals surface area contributed by atoms with Crippen LogP contribution in [-0.2, 0) is 6.42 Å². The third kappa shape index (κ3) is 3.82. The summed E-state index contributed by atoms with van der Waals surface area (Å²) in [6.07, 6.45) is 3.20. The number of rotatable bonds is 7. The molecule has 30 heavy (non-hydrogen) atoms. The number of aryl methyl sites for hydroxylation is 1. The highest BCUT2D eigenvalue weighted by Crippen LogP contribution is 2.33. The Kier molecular flexibility index (Phi) is 5.86. The highest BCUT2D eigenvalue weighted by Gasteiger charge is 2.13. The number of ether oxygens (including phenoxy) is 1. The normalized spacial score (nSPS) is 10.8. The first kappa shape index (κ1) is 19.8. The SMILES string of the molecule is COc1ccc(N(C)CCCCc2c3ccccc3c(C#N)c3ccccc23)cc1. The summed E-state index contributed by atoms with van der Waals surface area (Å²) in [4.78, 5) is 2.29. The van der Waals surface area contributed by atoms with Crippen LogP contribution in [0.15, 0.2) is 72.8 Å². The second kappa shape index (κ2) is 8.88. The number of anilines is 1. The Bertz CT molecular complexity index is 1150. The molecule has 0 unspecified atom stereocenters. The van der Waals surface area contributed by atoms with Gasteiger partial charge in [0.2, 0.25) is 0 Å². The molecule has 0 aliphatic rings. The van der Waals surface area contributed by atoms with E-state index < -0.39 is 0 Å². The minimum absolute atomic E-state index is 0.782. The molecule has 0 atom stereocenters. The summed E-state index contributed by atoms with van der Waals surface area (Å²) in [5, 5.41) is 14.3. The molecule has 0 spiro atoms. The zero-order chi connectivity index (χ0) is 20.9. The monoisotopic (exact) mass is 394 g/mol. The first-order chi connectivity index (χ1) is 14.7. The number of nitriles is 1. The minimum Gasteiger partial charge on any atom is -0.497 e. The van der Waals surface area contributed by atoms with Gasteiger partial charge in [0.15, 0.2) is 0 Å². The first-order valence-electron chi connectivity index (χ1n) is 10.4. The van der Waals surface area contributed by atoms with Crippen LogP contribution in [0, 0.1) is 11.3 Å². The summed E-state index contributed by atoms with van der Waals surface area (Å²) in [7, 11) is 3.82. The largest absolute Gasteiger partial charge is 0.497 e. The molecule has 4 aromatic rings. The standard InChI is InChI=1S/C27H26N2O/c1-29(20-14-16-21(30-2)17-15-20)18-8-7-13-22-23-9-3-5-11-25(23)27(19-28)26-12-6-4-10-24(22)26/h3-6,9-12,14-17H,7-8,13,18H2,1-2H3. The topological polar surface area (TPSA) is 36.3 Å². The van der Waals surface area contributed by atoms with Crippen molar-refractivity contribution in [2.75, 3.05) is 25.6 Å². The van der Waals surface area contributed by atoms with Crippen LogP contribution in [0.2, 0.25) is 0 Å². The van der Waals surface area contributed by atoms with E-state index in [1.54, 1.807) is 7.11 Å². The lowest BCUT2D eigenvalue weighted by molar-refractivity contribution is 0.415. The quantitative estimate of drug-likeness (QED) is 0.271. The van der Waals surface area contributed by atoms with Crippen LogP contribution < -0.4 is 9.64 Å².